The lowest BCUT2D eigenvalue weighted by molar-refractivity contribution is 0.103. The highest BCUT2D eigenvalue weighted by Crippen LogP contribution is 2.30. The molecule has 16 nitrogen and oxygen atoms in total. The molecule has 0 amide bonds. The monoisotopic (exact) mass is 1260 g/mol. The Morgan fingerprint density at radius 3 is 1.26 bits per heavy atom. The molecule has 0 aliphatic heterocycles. The summed E-state index contributed by atoms with van der Waals surface area (Å²) in [5.74, 6) is 1.42. The molecule has 0 aliphatic carbocycles. The second kappa shape index (κ2) is 33.4. The van der Waals surface area contributed by atoms with Gasteiger partial charge in [0.05, 0.1) is 9.79 Å². The lowest BCUT2D eigenvalue weighted by Crippen LogP contribution is -2.02. The first-order valence-electron chi connectivity index (χ1n) is 28.5. The van der Waals surface area contributed by atoms with E-state index in [1.54, 1.807) is 103 Å². The average molecular weight is 1260 g/mol. The number of carbonyl (C=O) groups excluding carboxylic acids is 1. The molecule has 12 aromatic rings. The van der Waals surface area contributed by atoms with Crippen molar-refractivity contribution in [2.24, 2.45) is 0 Å². The number of rotatable bonds is 11. The van der Waals surface area contributed by atoms with Gasteiger partial charge in [0.25, 0.3) is 0 Å². The molecule has 24 N–H and O–H groups in total. The van der Waals surface area contributed by atoms with E-state index in [4.69, 9.17) is 73.5 Å². The lowest BCUT2D eigenvalue weighted by atomic mass is 10.0. The summed E-state index contributed by atoms with van der Waals surface area (Å²) in [7, 11) is -3.51. The standard InChI is InChI=1S/C13H12N2O.C13H14N2.C12H12N2O2S.C12H12N2O.C12H12N2S.C12H12N2/c14-11-6-4-9(5-7-11)13(16)10-2-1-3-12(15)8-10;14-12-6-4-10(5-7-12)8-11-2-1-3-13(15)9-11;13-9-4-6-11(7-5-9)17(15,16)12-3-1-2-10(14)8-12;2*13-9-4-6-11(7-5-9)15-12-3-1-2-10(14)8-12;13-11-6-4-9(5-7-11)10-2-1-3-12(14)8-10/h1-8H,14-15H2;1-7,9H,8,14-15H2;1-8H,13-14H2;2*1-8H,13-14H2;1-8H,13-14H2. The molecule has 0 fully saturated rings. The van der Waals surface area contributed by atoms with Gasteiger partial charge in [0.15, 0.2) is 5.78 Å². The van der Waals surface area contributed by atoms with Gasteiger partial charge in [-0.3, -0.25) is 4.79 Å². The molecule has 18 heteroatoms. The third-order valence-corrected chi connectivity index (χ3v) is 15.9. The fraction of sp³-hybridized carbons (Fsp3) is 0.0135. The van der Waals surface area contributed by atoms with Crippen LogP contribution in [0, 0.1) is 0 Å². The van der Waals surface area contributed by atoms with Crippen molar-refractivity contribution in [2.45, 2.75) is 26.0 Å². The number of anilines is 12. The zero-order valence-electron chi connectivity index (χ0n) is 50.3. The first-order valence-corrected chi connectivity index (χ1v) is 30.8. The van der Waals surface area contributed by atoms with E-state index in [0.29, 0.717) is 39.6 Å². The molecule has 12 aromatic carbocycles. The van der Waals surface area contributed by atoms with Crippen LogP contribution in [0.4, 0.5) is 68.2 Å². The van der Waals surface area contributed by atoms with E-state index in [9.17, 15) is 13.2 Å². The normalized spacial score (nSPS) is 10.3. The number of benzene rings is 12. The molecule has 0 saturated carbocycles. The molecule has 0 aliphatic rings. The molecule has 0 unspecified atom stereocenters. The van der Waals surface area contributed by atoms with Gasteiger partial charge < -0.3 is 73.5 Å². The summed E-state index contributed by atoms with van der Waals surface area (Å²) in [4.78, 5) is 14.7. The van der Waals surface area contributed by atoms with Gasteiger partial charge >= 0.3 is 0 Å². The number of ether oxygens (including phenoxy) is 1. The van der Waals surface area contributed by atoms with E-state index in [-0.39, 0.29) is 15.6 Å². The Hall–Kier alpha value is -12.0. The number of ketones is 1. The van der Waals surface area contributed by atoms with Gasteiger partial charge in [-0.05, 0) is 235 Å². The van der Waals surface area contributed by atoms with Crippen LogP contribution in [0.25, 0.3) is 11.1 Å². The summed E-state index contributed by atoms with van der Waals surface area (Å²) in [6.45, 7) is 0. The second-order valence-corrected chi connectivity index (χ2v) is 23.7. The van der Waals surface area contributed by atoms with Crippen molar-refractivity contribution >= 4 is 95.6 Å². The minimum atomic E-state index is -3.51. The van der Waals surface area contributed by atoms with Crippen LogP contribution in [0.5, 0.6) is 11.5 Å². The number of nitrogen functional groups attached to an aromatic ring is 12. The molecular weight excluding hydrogens is 1190 g/mol. The van der Waals surface area contributed by atoms with E-state index in [1.165, 1.54) is 35.4 Å². The van der Waals surface area contributed by atoms with Gasteiger partial charge in [-0.15, -0.1) is 0 Å². The highest BCUT2D eigenvalue weighted by molar-refractivity contribution is 7.99. The summed E-state index contributed by atoms with van der Waals surface area (Å²) < 4.78 is 30.0. The number of sulfone groups is 1. The zero-order valence-corrected chi connectivity index (χ0v) is 51.9. The van der Waals surface area contributed by atoms with Gasteiger partial charge in [-0.1, -0.05) is 90.6 Å². The summed E-state index contributed by atoms with van der Waals surface area (Å²) in [6, 6.07) is 87.6. The Labute approximate surface area is 541 Å². The summed E-state index contributed by atoms with van der Waals surface area (Å²) in [6.07, 6.45) is 0.894. The Kier molecular flexibility index (Phi) is 24.5. The van der Waals surface area contributed by atoms with Crippen LogP contribution in [0.2, 0.25) is 0 Å². The smallest absolute Gasteiger partial charge is 0.206 e. The maximum atomic E-state index is 12.2. The highest BCUT2D eigenvalue weighted by atomic mass is 32.2. The lowest BCUT2D eigenvalue weighted by Gasteiger charge is -2.06. The van der Waals surface area contributed by atoms with Crippen molar-refractivity contribution in [3.63, 3.8) is 0 Å². The van der Waals surface area contributed by atoms with Crippen LogP contribution < -0.4 is 73.5 Å². The SMILES string of the molecule is Nc1ccc(-c2cccc(N)c2)cc1.Nc1ccc(C(=O)c2cccc(N)c2)cc1.Nc1ccc(Cc2cccc(N)c2)cc1.Nc1ccc(Oc2cccc(N)c2)cc1.Nc1ccc(S(=O)(=O)c2cccc(N)c2)cc1.Nc1ccc(Sc2cccc(N)c2)cc1. The van der Waals surface area contributed by atoms with Crippen molar-refractivity contribution in [1.29, 1.82) is 0 Å². The highest BCUT2D eigenvalue weighted by Gasteiger charge is 2.17. The number of carbonyl (C=O) groups is 1. The van der Waals surface area contributed by atoms with Crippen molar-refractivity contribution in [3.8, 4) is 22.6 Å². The van der Waals surface area contributed by atoms with Gasteiger partial charge in [0.1, 0.15) is 11.5 Å². The van der Waals surface area contributed by atoms with E-state index < -0.39 is 9.84 Å². The third kappa shape index (κ3) is 22.3. The maximum Gasteiger partial charge on any atom is 0.206 e. The van der Waals surface area contributed by atoms with Gasteiger partial charge in [-0.25, -0.2) is 8.42 Å². The molecule has 0 saturated heterocycles. The third-order valence-electron chi connectivity index (χ3n) is 13.1. The summed E-state index contributed by atoms with van der Waals surface area (Å²) >= 11 is 1.67. The van der Waals surface area contributed by atoms with Gasteiger partial charge in [0, 0.05) is 95.2 Å². The van der Waals surface area contributed by atoms with Crippen LogP contribution in [0.15, 0.2) is 311 Å². The maximum absolute atomic E-state index is 12.2. The summed E-state index contributed by atoms with van der Waals surface area (Å²) in [5, 5.41) is 0. The molecule has 466 valence electrons. The first kappa shape index (κ1) is 67.5. The van der Waals surface area contributed by atoms with Crippen LogP contribution in [0.3, 0.4) is 0 Å². The number of nitrogens with two attached hydrogens (primary N) is 12. The fourth-order valence-electron chi connectivity index (χ4n) is 8.41. The van der Waals surface area contributed by atoms with E-state index in [1.807, 2.05) is 170 Å². The Bertz CT molecular complexity index is 4200. The molecular formula is C74H74N12O4S2. The number of hydrogen-bond acceptors (Lipinski definition) is 17. The Morgan fingerprint density at radius 2 is 0.728 bits per heavy atom. The topological polar surface area (TPSA) is 373 Å². The largest absolute Gasteiger partial charge is 0.457 e. The van der Waals surface area contributed by atoms with E-state index in [0.717, 1.165) is 78.6 Å². The molecule has 0 bridgehead atoms. The van der Waals surface area contributed by atoms with Crippen LogP contribution in [-0.2, 0) is 16.3 Å². The zero-order chi connectivity index (χ0) is 66.0. The Morgan fingerprint density at radius 1 is 0.293 bits per heavy atom. The van der Waals surface area contributed by atoms with Crippen LogP contribution >= 0.6 is 11.8 Å². The van der Waals surface area contributed by atoms with Crippen molar-refractivity contribution in [3.05, 3.63) is 313 Å². The van der Waals surface area contributed by atoms with E-state index in [2.05, 4.69) is 6.07 Å². The fourth-order valence-corrected chi connectivity index (χ4v) is 10.6. The van der Waals surface area contributed by atoms with Gasteiger partial charge in [0.2, 0.25) is 9.84 Å². The number of hydrogen-bond donors (Lipinski definition) is 12. The predicted molar refractivity (Wildman–Crippen MR) is 385 cm³/mol. The molecule has 12 rings (SSSR count). The molecule has 0 radical (unpaired) electrons. The molecule has 0 atom stereocenters. The van der Waals surface area contributed by atoms with Crippen molar-refractivity contribution in [2.75, 3.05) is 68.8 Å². The van der Waals surface area contributed by atoms with Crippen molar-refractivity contribution < 1.29 is 17.9 Å². The van der Waals surface area contributed by atoms with Crippen LogP contribution in [-0.4, -0.2) is 14.2 Å². The Balaban J connectivity index is 0.000000157. The average Bonchev–Trinajstić information content (AvgIpc) is 0.899. The molecule has 92 heavy (non-hydrogen) atoms. The second-order valence-electron chi connectivity index (χ2n) is 20.6. The predicted octanol–water partition coefficient (Wildman–Crippen LogP) is 14.4. The van der Waals surface area contributed by atoms with Crippen molar-refractivity contribution in [1.82, 2.24) is 0 Å². The van der Waals surface area contributed by atoms with E-state index >= 15 is 0 Å². The summed E-state index contributed by atoms with van der Waals surface area (Å²) in [5.41, 5.74) is 81.7. The first-order chi connectivity index (χ1) is 44.1. The quantitative estimate of drug-likeness (QED) is 0.0423. The van der Waals surface area contributed by atoms with Crippen LogP contribution in [0.1, 0.15) is 27.0 Å². The minimum Gasteiger partial charge on any atom is -0.457 e. The molecule has 0 spiro atoms. The molecule has 0 aromatic heterocycles. The van der Waals surface area contributed by atoms with Gasteiger partial charge in [-0.2, -0.15) is 0 Å². The minimum absolute atomic E-state index is 0.0488. The molecule has 0 heterocycles.